The number of aromatic nitrogens is 2. The van der Waals surface area contributed by atoms with Crippen molar-refractivity contribution in [1.82, 2.24) is 15.3 Å². The molecule has 1 atom stereocenters. The minimum Gasteiger partial charge on any atom is -0.494 e. The van der Waals surface area contributed by atoms with Crippen LogP contribution in [0.3, 0.4) is 0 Å². The first-order valence-corrected chi connectivity index (χ1v) is 11.0. The molecule has 0 radical (unpaired) electrons. The summed E-state index contributed by atoms with van der Waals surface area (Å²) in [5, 5.41) is 19.2. The monoisotopic (exact) mass is 485 g/mol. The van der Waals surface area contributed by atoms with E-state index in [-0.39, 0.29) is 17.5 Å². The van der Waals surface area contributed by atoms with Crippen molar-refractivity contribution in [3.8, 4) is 5.75 Å². The molecular formula is C23H24ClN5O3S. The third-order valence-corrected chi connectivity index (χ3v) is 4.91. The van der Waals surface area contributed by atoms with Crippen LogP contribution in [0.2, 0.25) is 5.02 Å². The molecule has 0 spiro atoms. The number of halogens is 1. The molecule has 4 N–H and O–H groups in total. The van der Waals surface area contributed by atoms with Crippen molar-refractivity contribution in [3.05, 3.63) is 70.9 Å². The Labute approximate surface area is 202 Å². The Morgan fingerprint density at radius 1 is 1.18 bits per heavy atom. The number of benzene rings is 2. The van der Waals surface area contributed by atoms with Gasteiger partial charge in [-0.2, -0.15) is 4.98 Å². The number of aryl methyl sites for hydroxylation is 1. The van der Waals surface area contributed by atoms with Crippen LogP contribution >= 0.6 is 23.8 Å². The van der Waals surface area contributed by atoms with E-state index in [0.29, 0.717) is 23.0 Å². The number of rotatable bonds is 9. The molecule has 10 heteroatoms. The van der Waals surface area contributed by atoms with E-state index in [1.54, 1.807) is 30.3 Å². The number of hydrogen-bond donors (Lipinski definition) is 4. The van der Waals surface area contributed by atoms with Crippen molar-refractivity contribution in [2.24, 2.45) is 0 Å². The molecule has 8 nitrogen and oxygen atoms in total. The summed E-state index contributed by atoms with van der Waals surface area (Å²) < 4.78 is 5.46. The minimum atomic E-state index is -0.969. The summed E-state index contributed by atoms with van der Waals surface area (Å²) in [6, 6.07) is 15.7. The molecule has 0 aliphatic carbocycles. The van der Waals surface area contributed by atoms with Crippen LogP contribution in [0.15, 0.2) is 54.6 Å². The first-order chi connectivity index (χ1) is 15.8. The largest absolute Gasteiger partial charge is 0.494 e. The van der Waals surface area contributed by atoms with Crippen LogP contribution in [-0.4, -0.2) is 32.8 Å². The molecular weight excluding hydrogens is 462 g/mol. The Hall–Kier alpha value is -3.43. The number of thiocarbonyl (C=S) groups is 1. The summed E-state index contributed by atoms with van der Waals surface area (Å²) in [5.41, 5.74) is 2.27. The Morgan fingerprint density at radius 2 is 1.94 bits per heavy atom. The zero-order valence-electron chi connectivity index (χ0n) is 18.1. The van der Waals surface area contributed by atoms with Crippen molar-refractivity contribution < 1.29 is 14.6 Å². The van der Waals surface area contributed by atoms with Gasteiger partial charge in [0.25, 0.3) is 0 Å². The third kappa shape index (κ3) is 7.58. The molecule has 0 bridgehead atoms. The van der Waals surface area contributed by atoms with Gasteiger partial charge in [0.15, 0.2) is 5.11 Å². The van der Waals surface area contributed by atoms with Crippen molar-refractivity contribution in [2.45, 2.75) is 26.3 Å². The lowest BCUT2D eigenvalue weighted by molar-refractivity contribution is -0.137. The van der Waals surface area contributed by atoms with Gasteiger partial charge in [-0.15, -0.1) is 0 Å². The molecule has 33 heavy (non-hydrogen) atoms. The molecule has 0 amide bonds. The molecule has 1 aromatic heterocycles. The highest BCUT2D eigenvalue weighted by atomic mass is 35.5. The first-order valence-electron chi connectivity index (χ1n) is 10.2. The van der Waals surface area contributed by atoms with Gasteiger partial charge in [0.2, 0.25) is 5.95 Å². The zero-order valence-corrected chi connectivity index (χ0v) is 19.7. The lowest BCUT2D eigenvalue weighted by Gasteiger charge is -2.20. The van der Waals surface area contributed by atoms with Crippen molar-refractivity contribution in [2.75, 3.05) is 17.2 Å². The van der Waals surface area contributed by atoms with Gasteiger partial charge in [0, 0.05) is 22.5 Å². The number of nitrogens with one attached hydrogen (secondary N) is 3. The summed E-state index contributed by atoms with van der Waals surface area (Å²) in [7, 11) is 0. The molecule has 0 aliphatic rings. The molecule has 2 aromatic carbocycles. The second-order valence-corrected chi connectivity index (χ2v) is 7.95. The standard InChI is InChI=1S/C23H24ClN5O3S/c1-3-32-18-9-7-17(8-10-18)26-20-11-14(2)25-22(28-20)29-23(33)27-19(13-21(30)31)15-5-4-6-16(24)12-15/h4-12,19H,3,13H2,1-2H3,(H,30,31)(H3,25,26,27,28,29,33)/t19-/m1/s1. The second-order valence-electron chi connectivity index (χ2n) is 7.10. The van der Waals surface area contributed by atoms with E-state index in [4.69, 9.17) is 28.6 Å². The number of nitrogens with zero attached hydrogens (tertiary/aromatic N) is 2. The van der Waals surface area contributed by atoms with Crippen molar-refractivity contribution in [3.63, 3.8) is 0 Å². The maximum absolute atomic E-state index is 11.4. The molecule has 3 rings (SSSR count). The van der Waals surface area contributed by atoms with Crippen LogP contribution in [0.1, 0.15) is 30.6 Å². The Morgan fingerprint density at radius 3 is 2.61 bits per heavy atom. The maximum atomic E-state index is 11.4. The van der Waals surface area contributed by atoms with Gasteiger partial charge in [-0.1, -0.05) is 23.7 Å². The Kier molecular flexibility index (Phi) is 8.39. The van der Waals surface area contributed by atoms with Crippen LogP contribution in [-0.2, 0) is 4.79 Å². The average Bonchev–Trinajstić information content (AvgIpc) is 2.74. The Balaban J connectivity index is 1.70. The van der Waals surface area contributed by atoms with E-state index in [1.807, 2.05) is 38.1 Å². The first kappa shape index (κ1) is 24.2. The molecule has 3 aromatic rings. The quantitative estimate of drug-likeness (QED) is 0.308. The molecule has 172 valence electrons. The fraction of sp³-hybridized carbons (Fsp3) is 0.217. The number of anilines is 3. The molecule has 0 saturated carbocycles. The normalized spacial score (nSPS) is 11.4. The van der Waals surface area contributed by atoms with E-state index < -0.39 is 12.0 Å². The van der Waals surface area contributed by atoms with Crippen molar-refractivity contribution >= 4 is 52.4 Å². The lowest BCUT2D eigenvalue weighted by Crippen LogP contribution is -2.34. The van der Waals surface area contributed by atoms with Gasteiger partial charge in [-0.3, -0.25) is 4.79 Å². The van der Waals surface area contributed by atoms with E-state index in [1.165, 1.54) is 0 Å². The van der Waals surface area contributed by atoms with Crippen molar-refractivity contribution in [1.29, 1.82) is 0 Å². The molecule has 0 fully saturated rings. The SMILES string of the molecule is CCOc1ccc(Nc2cc(C)nc(NC(=S)N[C@H](CC(=O)O)c3cccc(Cl)c3)n2)cc1. The van der Waals surface area contributed by atoms with Gasteiger partial charge in [0.1, 0.15) is 11.6 Å². The van der Waals surface area contributed by atoms with Crippen LogP contribution in [0.25, 0.3) is 0 Å². The molecule has 0 saturated heterocycles. The maximum Gasteiger partial charge on any atom is 0.305 e. The molecule has 1 heterocycles. The number of carboxylic acid groups (broad SMARTS) is 1. The predicted octanol–water partition coefficient (Wildman–Crippen LogP) is 5.08. The number of carbonyl (C=O) groups is 1. The molecule has 0 unspecified atom stereocenters. The second kappa shape index (κ2) is 11.4. The van der Waals surface area contributed by atoms with Crippen LogP contribution in [0.4, 0.5) is 17.5 Å². The van der Waals surface area contributed by atoms with Gasteiger partial charge in [-0.05, 0) is 68.0 Å². The fourth-order valence-corrected chi connectivity index (χ4v) is 3.52. The van der Waals surface area contributed by atoms with Crippen LogP contribution < -0.4 is 20.7 Å². The highest BCUT2D eigenvalue weighted by molar-refractivity contribution is 7.80. The summed E-state index contributed by atoms with van der Waals surface area (Å²) in [6.45, 7) is 4.37. The number of aliphatic carboxylic acids is 1. The topological polar surface area (TPSA) is 108 Å². The Bertz CT molecular complexity index is 1130. The van der Waals surface area contributed by atoms with Crippen LogP contribution in [0, 0.1) is 6.92 Å². The van der Waals surface area contributed by atoms with Gasteiger partial charge >= 0.3 is 5.97 Å². The number of carboxylic acids is 1. The van der Waals surface area contributed by atoms with Gasteiger partial charge in [0.05, 0.1) is 19.1 Å². The summed E-state index contributed by atoms with van der Waals surface area (Å²) in [6.07, 6.45) is -0.179. The lowest BCUT2D eigenvalue weighted by atomic mass is 10.0. The highest BCUT2D eigenvalue weighted by Crippen LogP contribution is 2.22. The van der Waals surface area contributed by atoms with Crippen LogP contribution in [0.5, 0.6) is 5.75 Å². The summed E-state index contributed by atoms with van der Waals surface area (Å²) in [5.74, 6) is 0.676. The highest BCUT2D eigenvalue weighted by Gasteiger charge is 2.17. The third-order valence-electron chi connectivity index (χ3n) is 4.45. The zero-order chi connectivity index (χ0) is 23.8. The van der Waals surface area contributed by atoms with Gasteiger partial charge < -0.3 is 25.8 Å². The van der Waals surface area contributed by atoms with Gasteiger partial charge in [-0.25, -0.2) is 4.98 Å². The minimum absolute atomic E-state index is 0.179. The van der Waals surface area contributed by atoms with E-state index in [9.17, 15) is 9.90 Å². The predicted molar refractivity (Wildman–Crippen MR) is 133 cm³/mol. The molecule has 0 aliphatic heterocycles. The van der Waals surface area contributed by atoms with E-state index in [2.05, 4.69) is 25.9 Å². The average molecular weight is 486 g/mol. The fourth-order valence-electron chi connectivity index (χ4n) is 3.08. The number of hydrogen-bond acceptors (Lipinski definition) is 6. The smallest absolute Gasteiger partial charge is 0.305 e. The number of ether oxygens (including phenoxy) is 1. The summed E-state index contributed by atoms with van der Waals surface area (Å²) in [4.78, 5) is 20.2. The van der Waals surface area contributed by atoms with E-state index in [0.717, 1.165) is 17.1 Å². The van der Waals surface area contributed by atoms with E-state index >= 15 is 0 Å². The summed E-state index contributed by atoms with van der Waals surface area (Å²) >= 11 is 11.5.